The molecule has 1 unspecified atom stereocenters. The number of urea groups is 1. The van der Waals surface area contributed by atoms with Crippen LogP contribution in [0.4, 0.5) is 14.9 Å². The highest BCUT2D eigenvalue weighted by Crippen LogP contribution is 2.20. The van der Waals surface area contributed by atoms with E-state index in [2.05, 4.69) is 10.6 Å². The van der Waals surface area contributed by atoms with Crippen molar-refractivity contribution in [1.82, 2.24) is 5.32 Å². The molecular formula is C17H18ClFN2O2. The van der Waals surface area contributed by atoms with Crippen molar-refractivity contribution in [2.45, 2.75) is 12.3 Å². The Morgan fingerprint density at radius 3 is 2.61 bits per heavy atom. The quantitative estimate of drug-likeness (QED) is 0.752. The van der Waals surface area contributed by atoms with Gasteiger partial charge in [0.1, 0.15) is 5.82 Å². The van der Waals surface area contributed by atoms with Gasteiger partial charge in [-0.3, -0.25) is 0 Å². The standard InChI is InChI=1S/C17H18ClFN2O2/c18-14-6-7-16(15(19)10-14)21-17(23)20-11-13(8-9-22)12-4-2-1-3-5-12/h1-7,10,13,22H,8-9,11H2,(H2,20,21,23). The second-order valence-corrected chi connectivity index (χ2v) is 5.52. The van der Waals surface area contributed by atoms with E-state index in [4.69, 9.17) is 11.6 Å². The molecule has 122 valence electrons. The fourth-order valence-corrected chi connectivity index (χ4v) is 2.40. The number of hydrogen-bond acceptors (Lipinski definition) is 2. The van der Waals surface area contributed by atoms with Gasteiger partial charge in [-0.2, -0.15) is 0 Å². The molecule has 4 nitrogen and oxygen atoms in total. The summed E-state index contributed by atoms with van der Waals surface area (Å²) in [5, 5.41) is 14.6. The summed E-state index contributed by atoms with van der Waals surface area (Å²) in [5.41, 5.74) is 1.09. The Morgan fingerprint density at radius 2 is 1.96 bits per heavy atom. The minimum absolute atomic E-state index is 0.0120. The molecule has 0 aromatic heterocycles. The van der Waals surface area contributed by atoms with Crippen molar-refractivity contribution in [2.24, 2.45) is 0 Å². The predicted octanol–water partition coefficient (Wildman–Crippen LogP) is 3.77. The summed E-state index contributed by atoms with van der Waals surface area (Å²) < 4.78 is 13.6. The van der Waals surface area contributed by atoms with E-state index in [1.807, 2.05) is 30.3 Å². The van der Waals surface area contributed by atoms with Gasteiger partial charge in [0.2, 0.25) is 0 Å². The number of nitrogens with one attached hydrogen (secondary N) is 2. The molecule has 0 radical (unpaired) electrons. The van der Waals surface area contributed by atoms with Crippen molar-refractivity contribution in [1.29, 1.82) is 0 Å². The van der Waals surface area contributed by atoms with Crippen LogP contribution >= 0.6 is 11.6 Å². The molecule has 0 bridgehead atoms. The molecule has 23 heavy (non-hydrogen) atoms. The van der Waals surface area contributed by atoms with Crippen LogP contribution in [-0.2, 0) is 0 Å². The zero-order chi connectivity index (χ0) is 16.7. The van der Waals surface area contributed by atoms with Gasteiger partial charge in [-0.15, -0.1) is 0 Å². The van der Waals surface area contributed by atoms with Gasteiger partial charge in [0, 0.05) is 24.1 Å². The third kappa shape index (κ3) is 5.23. The van der Waals surface area contributed by atoms with Gasteiger partial charge in [-0.1, -0.05) is 41.9 Å². The minimum Gasteiger partial charge on any atom is -0.396 e. The molecule has 2 amide bonds. The van der Waals surface area contributed by atoms with Gasteiger partial charge >= 0.3 is 6.03 Å². The average molecular weight is 337 g/mol. The number of benzene rings is 2. The molecular weight excluding hydrogens is 319 g/mol. The van der Waals surface area contributed by atoms with Crippen molar-refractivity contribution in [3.05, 3.63) is 64.9 Å². The van der Waals surface area contributed by atoms with Crippen LogP contribution in [0.3, 0.4) is 0 Å². The number of aliphatic hydroxyl groups excluding tert-OH is 1. The second-order valence-electron chi connectivity index (χ2n) is 5.08. The van der Waals surface area contributed by atoms with Crippen LogP contribution in [0.2, 0.25) is 5.02 Å². The summed E-state index contributed by atoms with van der Waals surface area (Å²) in [6.45, 7) is 0.361. The normalized spacial score (nSPS) is 11.8. The first-order chi connectivity index (χ1) is 11.1. The Kier molecular flexibility index (Phi) is 6.38. The second kappa shape index (κ2) is 8.50. The molecule has 2 rings (SSSR count). The first kappa shape index (κ1) is 17.2. The van der Waals surface area contributed by atoms with E-state index in [1.54, 1.807) is 0 Å². The van der Waals surface area contributed by atoms with Crippen molar-refractivity contribution in [3.8, 4) is 0 Å². The summed E-state index contributed by atoms with van der Waals surface area (Å²) in [5.74, 6) is -0.607. The first-order valence-corrected chi connectivity index (χ1v) is 7.63. The van der Waals surface area contributed by atoms with Gasteiger partial charge in [0.15, 0.2) is 0 Å². The van der Waals surface area contributed by atoms with Gasteiger partial charge in [-0.05, 0) is 30.2 Å². The SMILES string of the molecule is O=C(NCC(CCO)c1ccccc1)Nc1ccc(Cl)cc1F. The Balaban J connectivity index is 1.94. The number of halogens is 2. The fourth-order valence-electron chi connectivity index (χ4n) is 2.24. The number of rotatable bonds is 6. The number of carbonyl (C=O) groups excluding carboxylic acids is 1. The van der Waals surface area contributed by atoms with E-state index in [0.717, 1.165) is 11.6 Å². The molecule has 0 saturated carbocycles. The minimum atomic E-state index is -0.595. The highest BCUT2D eigenvalue weighted by molar-refractivity contribution is 6.30. The van der Waals surface area contributed by atoms with Crippen molar-refractivity contribution >= 4 is 23.3 Å². The van der Waals surface area contributed by atoms with E-state index in [9.17, 15) is 14.3 Å². The number of hydrogen-bond donors (Lipinski definition) is 3. The molecule has 6 heteroatoms. The molecule has 0 spiro atoms. The number of anilines is 1. The lowest BCUT2D eigenvalue weighted by atomic mass is 9.96. The largest absolute Gasteiger partial charge is 0.396 e. The van der Waals surface area contributed by atoms with Gasteiger partial charge in [0.25, 0.3) is 0 Å². The van der Waals surface area contributed by atoms with Gasteiger partial charge in [0.05, 0.1) is 5.69 Å². The Bertz CT molecular complexity index is 652. The molecule has 0 aliphatic carbocycles. The molecule has 0 aliphatic heterocycles. The topological polar surface area (TPSA) is 61.4 Å². The smallest absolute Gasteiger partial charge is 0.319 e. The zero-order valence-corrected chi connectivity index (χ0v) is 13.2. The maximum absolute atomic E-state index is 13.6. The molecule has 1 atom stereocenters. The Hall–Kier alpha value is -2.11. The summed E-state index contributed by atoms with van der Waals surface area (Å²) in [6.07, 6.45) is 0.527. The summed E-state index contributed by atoms with van der Waals surface area (Å²) in [4.78, 5) is 11.9. The summed E-state index contributed by atoms with van der Waals surface area (Å²) >= 11 is 5.67. The molecule has 0 heterocycles. The first-order valence-electron chi connectivity index (χ1n) is 7.26. The number of aliphatic hydroxyl groups is 1. The van der Waals surface area contributed by atoms with E-state index in [0.29, 0.717) is 13.0 Å². The van der Waals surface area contributed by atoms with Gasteiger partial charge < -0.3 is 15.7 Å². The van der Waals surface area contributed by atoms with E-state index in [1.165, 1.54) is 12.1 Å². The molecule has 2 aromatic carbocycles. The monoisotopic (exact) mass is 336 g/mol. The van der Waals surface area contributed by atoms with Crippen molar-refractivity contribution in [3.63, 3.8) is 0 Å². The highest BCUT2D eigenvalue weighted by Gasteiger charge is 2.13. The zero-order valence-electron chi connectivity index (χ0n) is 12.4. The van der Waals surface area contributed by atoms with Crippen LogP contribution in [0.25, 0.3) is 0 Å². The third-order valence-corrected chi connectivity index (χ3v) is 3.67. The molecule has 0 saturated heterocycles. The van der Waals surface area contributed by atoms with Crippen LogP contribution in [0.1, 0.15) is 17.9 Å². The molecule has 3 N–H and O–H groups in total. The summed E-state index contributed by atoms with van der Waals surface area (Å²) in [7, 11) is 0. The highest BCUT2D eigenvalue weighted by atomic mass is 35.5. The molecule has 0 fully saturated rings. The lowest BCUT2D eigenvalue weighted by Gasteiger charge is -2.17. The van der Waals surface area contributed by atoms with Crippen LogP contribution in [0.5, 0.6) is 0 Å². The average Bonchev–Trinajstić information content (AvgIpc) is 2.55. The van der Waals surface area contributed by atoms with E-state index in [-0.39, 0.29) is 23.2 Å². The number of carbonyl (C=O) groups is 1. The van der Waals surface area contributed by atoms with Crippen molar-refractivity contribution in [2.75, 3.05) is 18.5 Å². The fraction of sp³-hybridized carbons (Fsp3) is 0.235. The van der Waals surface area contributed by atoms with Crippen LogP contribution in [0.15, 0.2) is 48.5 Å². The lowest BCUT2D eigenvalue weighted by molar-refractivity contribution is 0.248. The third-order valence-electron chi connectivity index (χ3n) is 3.44. The molecule has 0 aliphatic rings. The predicted molar refractivity (Wildman–Crippen MR) is 89.3 cm³/mol. The Labute approximate surface area is 139 Å². The van der Waals surface area contributed by atoms with Crippen LogP contribution in [0, 0.1) is 5.82 Å². The van der Waals surface area contributed by atoms with Crippen LogP contribution < -0.4 is 10.6 Å². The maximum atomic E-state index is 13.6. The van der Waals surface area contributed by atoms with Gasteiger partial charge in [-0.25, -0.2) is 9.18 Å². The lowest BCUT2D eigenvalue weighted by Crippen LogP contribution is -2.33. The van der Waals surface area contributed by atoms with E-state index < -0.39 is 11.8 Å². The van der Waals surface area contributed by atoms with Crippen molar-refractivity contribution < 1.29 is 14.3 Å². The number of amides is 2. The summed E-state index contributed by atoms with van der Waals surface area (Å²) in [6, 6.07) is 13.1. The van der Waals surface area contributed by atoms with E-state index >= 15 is 0 Å². The Morgan fingerprint density at radius 1 is 1.22 bits per heavy atom. The van der Waals surface area contributed by atoms with Crippen LogP contribution in [-0.4, -0.2) is 24.3 Å². The molecule has 2 aromatic rings. The maximum Gasteiger partial charge on any atom is 0.319 e.